The van der Waals surface area contributed by atoms with E-state index in [-0.39, 0.29) is 36.1 Å². The standard InChI is InChI=1S/C47H54N2O2/c1-34(48)44(42-28-26-36-18-12-14-24-40(36)32-42)46(38-20-8-6-9-21-38)50-30-16-4-3-5-17-31-51-47(39-22-10-7-11-23-39)45(35(2)49)43-29-27-37-19-13-15-25-41(37)33-43/h6-15,18-29,32-35,44-47H,3-5,16-17,30-31,48-49H2,1-2H3/t34?,35?,44-,45-,46-,47-/m0/s1. The summed E-state index contributed by atoms with van der Waals surface area (Å²) in [6.45, 7) is 5.60. The molecule has 0 amide bonds. The van der Waals surface area contributed by atoms with Gasteiger partial charge in [-0.15, -0.1) is 0 Å². The van der Waals surface area contributed by atoms with E-state index in [1.807, 2.05) is 0 Å². The van der Waals surface area contributed by atoms with E-state index in [1.165, 1.54) is 43.8 Å². The SMILES string of the molecule is CC(N)[C@@H](c1ccc2ccccc2c1)[C@@H](OCCCCCCCO[C@@H](c1ccccc1)[C@H](c1ccc2ccccc2c1)C(C)N)c1ccccc1. The smallest absolute Gasteiger partial charge is 0.0908 e. The van der Waals surface area contributed by atoms with E-state index >= 15 is 0 Å². The summed E-state index contributed by atoms with van der Waals surface area (Å²) >= 11 is 0. The number of fused-ring (bicyclic) bond motifs is 2. The van der Waals surface area contributed by atoms with Crippen LogP contribution >= 0.6 is 0 Å². The molecule has 6 aromatic rings. The van der Waals surface area contributed by atoms with Gasteiger partial charge in [0.1, 0.15) is 0 Å². The Hall–Kier alpha value is -4.32. The molecule has 0 radical (unpaired) electrons. The molecule has 51 heavy (non-hydrogen) atoms. The molecule has 0 fully saturated rings. The van der Waals surface area contributed by atoms with E-state index in [9.17, 15) is 0 Å². The molecule has 6 atom stereocenters. The lowest BCUT2D eigenvalue weighted by atomic mass is 9.83. The predicted octanol–water partition coefficient (Wildman–Crippen LogP) is 11.0. The number of unbranched alkanes of at least 4 members (excludes halogenated alkanes) is 4. The van der Waals surface area contributed by atoms with E-state index in [1.54, 1.807) is 0 Å². The minimum atomic E-state index is -0.115. The molecule has 0 spiro atoms. The van der Waals surface area contributed by atoms with Crippen LogP contribution in [0.4, 0.5) is 0 Å². The van der Waals surface area contributed by atoms with Gasteiger partial charge in [-0.3, -0.25) is 0 Å². The van der Waals surface area contributed by atoms with Crippen LogP contribution in [0.1, 0.15) is 92.2 Å². The van der Waals surface area contributed by atoms with E-state index in [4.69, 9.17) is 20.9 Å². The topological polar surface area (TPSA) is 70.5 Å². The van der Waals surface area contributed by atoms with Gasteiger partial charge < -0.3 is 20.9 Å². The molecule has 2 unspecified atom stereocenters. The summed E-state index contributed by atoms with van der Waals surface area (Å²) in [5, 5.41) is 4.93. The molecule has 0 saturated carbocycles. The first-order valence-electron chi connectivity index (χ1n) is 18.8. The average Bonchev–Trinajstić information content (AvgIpc) is 3.16. The van der Waals surface area contributed by atoms with Gasteiger partial charge in [0.2, 0.25) is 0 Å². The molecule has 6 aromatic carbocycles. The molecule has 4 nitrogen and oxygen atoms in total. The molecule has 6 rings (SSSR count). The van der Waals surface area contributed by atoms with Crippen LogP contribution < -0.4 is 11.5 Å². The number of benzene rings is 6. The molecule has 0 aliphatic heterocycles. The van der Waals surface area contributed by atoms with Gasteiger partial charge in [0.15, 0.2) is 0 Å². The first-order valence-corrected chi connectivity index (χ1v) is 18.8. The summed E-state index contributed by atoms with van der Waals surface area (Å²) < 4.78 is 13.5. The van der Waals surface area contributed by atoms with Gasteiger partial charge in [0.25, 0.3) is 0 Å². The van der Waals surface area contributed by atoms with Gasteiger partial charge >= 0.3 is 0 Å². The maximum Gasteiger partial charge on any atom is 0.0908 e. The molecule has 0 bridgehead atoms. The van der Waals surface area contributed by atoms with E-state index < -0.39 is 0 Å². The van der Waals surface area contributed by atoms with Crippen molar-refractivity contribution in [2.24, 2.45) is 11.5 Å². The second kappa shape index (κ2) is 18.3. The van der Waals surface area contributed by atoms with Crippen molar-refractivity contribution >= 4 is 21.5 Å². The van der Waals surface area contributed by atoms with Crippen LogP contribution in [0.2, 0.25) is 0 Å². The van der Waals surface area contributed by atoms with E-state index in [2.05, 4.69) is 159 Å². The maximum atomic E-state index is 6.73. The molecular weight excluding hydrogens is 625 g/mol. The number of nitrogens with two attached hydrogens (primary N) is 2. The van der Waals surface area contributed by atoms with Crippen LogP contribution in [0.3, 0.4) is 0 Å². The van der Waals surface area contributed by atoms with Gasteiger partial charge in [-0.25, -0.2) is 0 Å². The van der Waals surface area contributed by atoms with E-state index in [0.717, 1.165) is 32.1 Å². The number of rotatable bonds is 18. The highest BCUT2D eigenvalue weighted by Gasteiger charge is 2.30. The van der Waals surface area contributed by atoms with Crippen molar-refractivity contribution in [3.05, 3.63) is 168 Å². The number of hydrogen-bond donors (Lipinski definition) is 2. The molecular formula is C47H54N2O2. The van der Waals surface area contributed by atoms with Crippen LogP contribution in [0.5, 0.6) is 0 Å². The van der Waals surface area contributed by atoms with Crippen molar-refractivity contribution in [1.82, 2.24) is 0 Å². The van der Waals surface area contributed by atoms with Crippen LogP contribution in [-0.2, 0) is 9.47 Å². The molecule has 0 saturated heterocycles. The molecule has 4 N–H and O–H groups in total. The van der Waals surface area contributed by atoms with Crippen molar-refractivity contribution in [1.29, 1.82) is 0 Å². The summed E-state index contributed by atoms with van der Waals surface area (Å²) in [6, 6.07) is 51.4. The quantitative estimate of drug-likeness (QED) is 0.0888. The van der Waals surface area contributed by atoms with Crippen LogP contribution in [-0.4, -0.2) is 25.3 Å². The minimum Gasteiger partial charge on any atom is -0.373 e. The Morgan fingerprint density at radius 3 is 1.14 bits per heavy atom. The third kappa shape index (κ3) is 9.52. The highest BCUT2D eigenvalue weighted by Crippen LogP contribution is 2.39. The monoisotopic (exact) mass is 678 g/mol. The van der Waals surface area contributed by atoms with Crippen molar-refractivity contribution in [3.8, 4) is 0 Å². The normalized spacial score (nSPS) is 15.3. The van der Waals surface area contributed by atoms with Gasteiger partial charge in [0, 0.05) is 37.1 Å². The molecule has 0 aliphatic carbocycles. The molecule has 4 heteroatoms. The largest absolute Gasteiger partial charge is 0.373 e. The van der Waals surface area contributed by atoms with Gasteiger partial charge in [-0.1, -0.05) is 165 Å². The molecule has 0 heterocycles. The lowest BCUT2D eigenvalue weighted by Crippen LogP contribution is -2.31. The van der Waals surface area contributed by atoms with Crippen molar-refractivity contribution in [3.63, 3.8) is 0 Å². The van der Waals surface area contributed by atoms with Crippen molar-refractivity contribution in [2.75, 3.05) is 13.2 Å². The number of ether oxygens (including phenoxy) is 2. The lowest BCUT2D eigenvalue weighted by Gasteiger charge is -2.31. The van der Waals surface area contributed by atoms with E-state index in [0.29, 0.717) is 13.2 Å². The Balaban J connectivity index is 1.03. The Morgan fingerprint density at radius 2 is 0.745 bits per heavy atom. The third-order valence-corrected chi connectivity index (χ3v) is 10.2. The summed E-state index contributed by atoms with van der Waals surface area (Å²) in [6.07, 6.45) is 5.16. The summed E-state index contributed by atoms with van der Waals surface area (Å²) in [5.41, 5.74) is 18.2. The second-order valence-corrected chi connectivity index (χ2v) is 14.2. The van der Waals surface area contributed by atoms with Crippen LogP contribution in [0.15, 0.2) is 146 Å². The van der Waals surface area contributed by atoms with Crippen LogP contribution in [0.25, 0.3) is 21.5 Å². The molecule has 0 aromatic heterocycles. The zero-order valence-corrected chi connectivity index (χ0v) is 30.2. The van der Waals surface area contributed by atoms with Crippen LogP contribution in [0, 0.1) is 0 Å². The van der Waals surface area contributed by atoms with Gasteiger partial charge in [-0.2, -0.15) is 0 Å². The Kier molecular flexibility index (Phi) is 13.1. The summed E-state index contributed by atoms with van der Waals surface area (Å²) in [5.74, 6) is 0.0859. The Bertz CT molecular complexity index is 1780. The third-order valence-electron chi connectivity index (χ3n) is 10.2. The summed E-state index contributed by atoms with van der Waals surface area (Å²) in [7, 11) is 0. The van der Waals surface area contributed by atoms with Crippen molar-refractivity contribution < 1.29 is 9.47 Å². The molecule has 0 aliphatic rings. The highest BCUT2D eigenvalue weighted by molar-refractivity contribution is 5.84. The average molecular weight is 679 g/mol. The highest BCUT2D eigenvalue weighted by atomic mass is 16.5. The first-order chi connectivity index (χ1) is 25.0. The maximum absolute atomic E-state index is 6.73. The Labute approximate surface area is 304 Å². The Morgan fingerprint density at radius 1 is 0.392 bits per heavy atom. The lowest BCUT2D eigenvalue weighted by molar-refractivity contribution is 0.0230. The zero-order valence-electron chi connectivity index (χ0n) is 30.2. The molecule has 264 valence electrons. The van der Waals surface area contributed by atoms with Crippen molar-refractivity contribution in [2.45, 2.75) is 82.1 Å². The second-order valence-electron chi connectivity index (χ2n) is 14.2. The zero-order chi connectivity index (χ0) is 35.4. The fraction of sp³-hybridized carbons (Fsp3) is 0.319. The van der Waals surface area contributed by atoms with Gasteiger partial charge in [-0.05, 0) is 70.5 Å². The number of hydrogen-bond acceptors (Lipinski definition) is 4. The minimum absolute atomic E-state index is 0.0430. The first kappa shape index (κ1) is 36.5. The van der Waals surface area contributed by atoms with Gasteiger partial charge in [0.05, 0.1) is 12.2 Å². The summed E-state index contributed by atoms with van der Waals surface area (Å²) in [4.78, 5) is 0. The fourth-order valence-electron chi connectivity index (χ4n) is 7.59. The fourth-order valence-corrected chi connectivity index (χ4v) is 7.59. The predicted molar refractivity (Wildman–Crippen MR) is 214 cm³/mol.